The number of carbonyl (C=O) groups excluding carboxylic acids is 1. The monoisotopic (exact) mass is 340 g/mol. The minimum Gasteiger partial charge on any atom is -0.475 e. The number of hydrogen-bond donors (Lipinski definition) is 0. The van der Waals surface area contributed by atoms with E-state index in [9.17, 15) is 18.0 Å². The van der Waals surface area contributed by atoms with Gasteiger partial charge in [-0.3, -0.25) is 0 Å². The van der Waals surface area contributed by atoms with Crippen molar-refractivity contribution in [1.82, 2.24) is 0 Å². The molecule has 0 saturated heterocycles. The maximum atomic E-state index is 13.1. The summed E-state index contributed by atoms with van der Waals surface area (Å²) in [5, 5.41) is 0.321. The van der Waals surface area contributed by atoms with E-state index in [2.05, 4.69) is 4.74 Å². The summed E-state index contributed by atoms with van der Waals surface area (Å²) in [4.78, 5) is 11.6. The van der Waals surface area contributed by atoms with Gasteiger partial charge < -0.3 is 9.47 Å². The summed E-state index contributed by atoms with van der Waals surface area (Å²) < 4.78 is 48.6. The lowest BCUT2D eigenvalue weighted by Gasteiger charge is -2.28. The Morgan fingerprint density at radius 3 is 2.67 bits per heavy atom. The van der Waals surface area contributed by atoms with E-state index in [0.29, 0.717) is 10.6 Å². The van der Waals surface area contributed by atoms with Gasteiger partial charge in [-0.15, -0.1) is 0 Å². The van der Waals surface area contributed by atoms with Gasteiger partial charge in [-0.2, -0.15) is 13.2 Å². The number of esters is 1. The van der Waals surface area contributed by atoms with Gasteiger partial charge in [0.15, 0.2) is 6.07 Å². The van der Waals surface area contributed by atoms with Crippen LogP contribution in [0.15, 0.2) is 17.7 Å². The van der Waals surface area contributed by atoms with E-state index in [1.54, 1.807) is 6.92 Å². The number of ether oxygens (including phenoxy) is 2. The predicted molar refractivity (Wildman–Crippen MR) is 71.4 cm³/mol. The molecule has 1 aromatic rings. The number of carbonyl (C=O) groups is 1. The number of hydrogen-bond acceptors (Lipinski definition) is 3. The SMILES string of the molecule is Cc1cc(Cl)cc2c1O[C@H](C(F)(F)F)C(C(=O)OCCl)=C2. The molecular formula is C13H9Cl2F3O3. The zero-order chi connectivity index (χ0) is 15.8. The van der Waals surface area contributed by atoms with Crippen LogP contribution in [0.4, 0.5) is 13.2 Å². The van der Waals surface area contributed by atoms with Crippen molar-refractivity contribution in [3.8, 4) is 5.75 Å². The van der Waals surface area contributed by atoms with Crippen molar-refractivity contribution < 1.29 is 27.4 Å². The molecule has 0 aliphatic carbocycles. The third-order valence-electron chi connectivity index (χ3n) is 2.82. The average Bonchev–Trinajstić information content (AvgIpc) is 2.36. The van der Waals surface area contributed by atoms with Crippen molar-refractivity contribution in [2.45, 2.75) is 19.2 Å². The highest BCUT2D eigenvalue weighted by Gasteiger charge is 2.49. The first-order valence-electron chi connectivity index (χ1n) is 5.72. The Morgan fingerprint density at radius 2 is 2.10 bits per heavy atom. The molecule has 1 aromatic carbocycles. The van der Waals surface area contributed by atoms with Crippen molar-refractivity contribution in [2.75, 3.05) is 6.07 Å². The number of rotatable bonds is 2. The molecule has 3 nitrogen and oxygen atoms in total. The lowest BCUT2D eigenvalue weighted by atomic mass is 9.99. The first-order chi connectivity index (χ1) is 9.74. The smallest absolute Gasteiger partial charge is 0.430 e. The molecule has 0 unspecified atom stereocenters. The Bertz CT molecular complexity index is 611. The van der Waals surface area contributed by atoms with Gasteiger partial charge in [0.2, 0.25) is 6.10 Å². The van der Waals surface area contributed by atoms with Gasteiger partial charge in [0, 0.05) is 10.6 Å². The molecular weight excluding hydrogens is 332 g/mol. The fourth-order valence-electron chi connectivity index (χ4n) is 1.99. The van der Waals surface area contributed by atoms with Crippen molar-refractivity contribution in [1.29, 1.82) is 0 Å². The summed E-state index contributed by atoms with van der Waals surface area (Å²) in [6.07, 6.45) is -6.10. The van der Waals surface area contributed by atoms with Crippen LogP contribution in [-0.2, 0) is 9.53 Å². The summed E-state index contributed by atoms with van der Waals surface area (Å²) in [6.45, 7) is 1.56. The molecule has 1 heterocycles. The van der Waals surface area contributed by atoms with Crippen molar-refractivity contribution >= 4 is 35.2 Å². The van der Waals surface area contributed by atoms with Crippen LogP contribution in [0.25, 0.3) is 6.08 Å². The molecule has 0 N–H and O–H groups in total. The highest BCUT2D eigenvalue weighted by molar-refractivity contribution is 6.30. The largest absolute Gasteiger partial charge is 0.475 e. The number of benzene rings is 1. The molecule has 0 aromatic heterocycles. The normalized spacial score (nSPS) is 17.6. The molecule has 0 bridgehead atoms. The second-order valence-electron chi connectivity index (χ2n) is 4.32. The fourth-order valence-corrected chi connectivity index (χ4v) is 2.37. The summed E-state index contributed by atoms with van der Waals surface area (Å²) in [6, 6.07) is 2.33. The van der Waals surface area contributed by atoms with Gasteiger partial charge in [0.1, 0.15) is 5.75 Å². The molecule has 1 atom stereocenters. The minimum absolute atomic E-state index is 0.0316. The molecule has 0 fully saturated rings. The first kappa shape index (κ1) is 16.0. The number of halogens is 5. The standard InChI is InChI=1S/C13H9Cl2F3O3/c1-6-2-8(15)3-7-4-9(12(19)20-5-14)11(13(16,17)18)21-10(6)7/h2-4,11H,5H2,1H3/t11-/m0/s1. The zero-order valence-electron chi connectivity index (χ0n) is 10.6. The molecule has 114 valence electrons. The van der Waals surface area contributed by atoms with Crippen LogP contribution in [0.1, 0.15) is 11.1 Å². The van der Waals surface area contributed by atoms with Gasteiger partial charge in [0.05, 0.1) is 5.57 Å². The lowest BCUT2D eigenvalue weighted by molar-refractivity contribution is -0.187. The summed E-state index contributed by atoms with van der Waals surface area (Å²) >= 11 is 11.1. The van der Waals surface area contributed by atoms with Crippen LogP contribution in [0.3, 0.4) is 0 Å². The Kier molecular flexibility index (Phi) is 4.39. The van der Waals surface area contributed by atoms with Crippen LogP contribution in [0.2, 0.25) is 5.02 Å². The second-order valence-corrected chi connectivity index (χ2v) is 4.98. The fraction of sp³-hybridized carbons (Fsp3) is 0.308. The maximum absolute atomic E-state index is 13.1. The third-order valence-corrected chi connectivity index (χ3v) is 3.14. The van der Waals surface area contributed by atoms with Crippen molar-refractivity contribution in [2.24, 2.45) is 0 Å². The molecule has 2 rings (SSSR count). The molecule has 0 saturated carbocycles. The Morgan fingerprint density at radius 1 is 1.43 bits per heavy atom. The van der Waals surface area contributed by atoms with E-state index in [1.165, 1.54) is 12.1 Å². The highest BCUT2D eigenvalue weighted by Crippen LogP contribution is 2.40. The van der Waals surface area contributed by atoms with E-state index in [0.717, 1.165) is 6.08 Å². The molecule has 0 amide bonds. The second kappa shape index (κ2) is 5.77. The highest BCUT2D eigenvalue weighted by atomic mass is 35.5. The van der Waals surface area contributed by atoms with E-state index >= 15 is 0 Å². The Hall–Kier alpha value is -1.40. The molecule has 1 aliphatic heterocycles. The number of alkyl halides is 4. The molecule has 8 heteroatoms. The number of fused-ring (bicyclic) bond motifs is 1. The Balaban J connectivity index is 2.55. The van der Waals surface area contributed by atoms with Crippen LogP contribution in [0.5, 0.6) is 5.75 Å². The topological polar surface area (TPSA) is 35.5 Å². The number of aryl methyl sites for hydroxylation is 1. The van der Waals surface area contributed by atoms with Gasteiger partial charge >= 0.3 is 12.1 Å². The van der Waals surface area contributed by atoms with E-state index < -0.39 is 29.9 Å². The van der Waals surface area contributed by atoms with Crippen LogP contribution >= 0.6 is 23.2 Å². The quantitative estimate of drug-likeness (QED) is 0.600. The molecule has 1 aliphatic rings. The van der Waals surface area contributed by atoms with E-state index in [4.69, 9.17) is 27.9 Å². The predicted octanol–water partition coefficient (Wildman–Crippen LogP) is 4.09. The summed E-state index contributed by atoms with van der Waals surface area (Å²) in [5.41, 5.74) is 0.0482. The zero-order valence-corrected chi connectivity index (χ0v) is 12.1. The van der Waals surface area contributed by atoms with Crippen LogP contribution in [0, 0.1) is 6.92 Å². The van der Waals surface area contributed by atoms with Crippen molar-refractivity contribution in [3.63, 3.8) is 0 Å². The van der Waals surface area contributed by atoms with Gasteiger partial charge in [-0.05, 0) is 30.7 Å². The van der Waals surface area contributed by atoms with E-state index in [-0.39, 0.29) is 11.3 Å². The van der Waals surface area contributed by atoms with Crippen molar-refractivity contribution in [3.05, 3.63) is 33.9 Å². The first-order valence-corrected chi connectivity index (χ1v) is 6.63. The Labute approximate surface area is 128 Å². The molecule has 0 radical (unpaired) electrons. The molecule has 21 heavy (non-hydrogen) atoms. The molecule has 0 spiro atoms. The van der Waals surface area contributed by atoms with Gasteiger partial charge in [-0.1, -0.05) is 23.2 Å². The summed E-state index contributed by atoms with van der Waals surface area (Å²) in [7, 11) is 0. The van der Waals surface area contributed by atoms with Gasteiger partial charge in [-0.25, -0.2) is 4.79 Å². The maximum Gasteiger partial charge on any atom is 0.430 e. The van der Waals surface area contributed by atoms with E-state index in [1.807, 2.05) is 0 Å². The van der Waals surface area contributed by atoms with Gasteiger partial charge in [0.25, 0.3) is 0 Å². The lowest BCUT2D eigenvalue weighted by Crippen LogP contribution is -2.41. The van der Waals surface area contributed by atoms with Crippen LogP contribution in [-0.4, -0.2) is 24.3 Å². The summed E-state index contributed by atoms with van der Waals surface area (Å²) in [5.74, 6) is -1.15. The average molecular weight is 341 g/mol. The van der Waals surface area contributed by atoms with Crippen LogP contribution < -0.4 is 4.74 Å². The third kappa shape index (κ3) is 3.27. The minimum atomic E-state index is -4.76.